The van der Waals surface area contributed by atoms with Crippen LogP contribution in [0.3, 0.4) is 0 Å². The van der Waals surface area contributed by atoms with Gasteiger partial charge in [0.05, 0.1) is 17.1 Å². The molecule has 1 aromatic carbocycles. The second-order valence-electron chi connectivity index (χ2n) is 3.99. The van der Waals surface area contributed by atoms with Crippen molar-refractivity contribution < 1.29 is 9.53 Å². The van der Waals surface area contributed by atoms with E-state index in [4.69, 9.17) is 10.5 Å². The maximum atomic E-state index is 11.7. The van der Waals surface area contributed by atoms with Gasteiger partial charge in [-0.2, -0.15) is 11.8 Å². The van der Waals surface area contributed by atoms with Gasteiger partial charge in [0, 0.05) is 13.7 Å². The first-order chi connectivity index (χ1) is 8.65. The van der Waals surface area contributed by atoms with Crippen molar-refractivity contribution >= 4 is 29.0 Å². The molecule has 0 atom stereocenters. The van der Waals surface area contributed by atoms with E-state index in [0.717, 1.165) is 30.0 Å². The van der Waals surface area contributed by atoms with Gasteiger partial charge in [0.2, 0.25) is 5.91 Å². The molecule has 0 unspecified atom stereocenters. The number of aryl methyl sites for hydroxylation is 1. The fourth-order valence-electron chi connectivity index (χ4n) is 1.51. The first-order valence-corrected chi connectivity index (χ1v) is 7.02. The second-order valence-corrected chi connectivity index (χ2v) is 5.09. The topological polar surface area (TPSA) is 64.3 Å². The number of amides is 1. The number of thioether (sulfide) groups is 1. The Morgan fingerprint density at radius 1 is 1.50 bits per heavy atom. The van der Waals surface area contributed by atoms with Crippen LogP contribution in [0.4, 0.5) is 11.4 Å². The van der Waals surface area contributed by atoms with Gasteiger partial charge in [0.15, 0.2) is 0 Å². The molecule has 18 heavy (non-hydrogen) atoms. The maximum Gasteiger partial charge on any atom is 0.234 e. The van der Waals surface area contributed by atoms with E-state index in [1.807, 2.05) is 19.1 Å². The lowest BCUT2D eigenvalue weighted by molar-refractivity contribution is -0.113. The number of nitrogens with two attached hydrogens (primary N) is 1. The third kappa shape index (κ3) is 4.98. The van der Waals surface area contributed by atoms with Crippen molar-refractivity contribution in [1.29, 1.82) is 0 Å². The first-order valence-electron chi connectivity index (χ1n) is 5.86. The number of nitrogens with one attached hydrogen (secondary N) is 1. The van der Waals surface area contributed by atoms with Crippen LogP contribution in [-0.4, -0.2) is 31.1 Å². The summed E-state index contributed by atoms with van der Waals surface area (Å²) in [7, 11) is 1.68. The fourth-order valence-corrected chi connectivity index (χ4v) is 2.23. The van der Waals surface area contributed by atoms with Gasteiger partial charge in [-0.1, -0.05) is 12.1 Å². The second kappa shape index (κ2) is 8.00. The maximum absolute atomic E-state index is 11.7. The molecule has 0 aromatic heterocycles. The zero-order valence-electron chi connectivity index (χ0n) is 10.9. The number of carbonyl (C=O) groups excluding carboxylic acids is 1. The van der Waals surface area contributed by atoms with Crippen molar-refractivity contribution in [2.24, 2.45) is 0 Å². The van der Waals surface area contributed by atoms with E-state index in [0.29, 0.717) is 11.4 Å². The monoisotopic (exact) mass is 268 g/mol. The molecular weight excluding hydrogens is 248 g/mol. The lowest BCUT2D eigenvalue weighted by atomic mass is 10.1. The summed E-state index contributed by atoms with van der Waals surface area (Å²) in [4.78, 5) is 11.7. The number of hydrogen-bond acceptors (Lipinski definition) is 4. The highest BCUT2D eigenvalue weighted by molar-refractivity contribution is 7.99. The van der Waals surface area contributed by atoms with Crippen LogP contribution in [0.2, 0.25) is 0 Å². The van der Waals surface area contributed by atoms with E-state index in [1.54, 1.807) is 24.9 Å². The van der Waals surface area contributed by atoms with Crippen LogP contribution in [0.5, 0.6) is 0 Å². The summed E-state index contributed by atoms with van der Waals surface area (Å²) in [5.74, 6) is 1.35. The minimum Gasteiger partial charge on any atom is -0.397 e. The third-order valence-corrected chi connectivity index (χ3v) is 3.48. The average molecular weight is 268 g/mol. The van der Waals surface area contributed by atoms with Gasteiger partial charge in [-0.3, -0.25) is 4.79 Å². The van der Waals surface area contributed by atoms with Crippen molar-refractivity contribution in [3.63, 3.8) is 0 Å². The molecule has 0 saturated carbocycles. The van der Waals surface area contributed by atoms with Crippen molar-refractivity contribution in [1.82, 2.24) is 0 Å². The molecule has 0 aliphatic rings. The Morgan fingerprint density at radius 3 is 2.94 bits per heavy atom. The standard InChI is InChI=1S/C13H20N2O2S/c1-10-5-3-6-11(14)13(10)15-12(16)9-18-8-4-7-17-2/h3,5-6H,4,7-9,14H2,1-2H3,(H,15,16). The first kappa shape index (κ1) is 14.9. The number of hydrogen-bond donors (Lipinski definition) is 2. The molecular formula is C13H20N2O2S. The van der Waals surface area contributed by atoms with Crippen molar-refractivity contribution in [3.8, 4) is 0 Å². The molecule has 0 saturated heterocycles. The highest BCUT2D eigenvalue weighted by Gasteiger charge is 2.07. The lowest BCUT2D eigenvalue weighted by Gasteiger charge is -2.10. The van der Waals surface area contributed by atoms with Crippen molar-refractivity contribution in [2.45, 2.75) is 13.3 Å². The van der Waals surface area contributed by atoms with Crippen LogP contribution in [-0.2, 0) is 9.53 Å². The third-order valence-electron chi connectivity index (χ3n) is 2.44. The molecule has 0 radical (unpaired) electrons. The summed E-state index contributed by atoms with van der Waals surface area (Å²) in [5.41, 5.74) is 8.13. The molecule has 5 heteroatoms. The number of carbonyl (C=O) groups is 1. The van der Waals surface area contributed by atoms with Gasteiger partial charge < -0.3 is 15.8 Å². The Bertz CT molecular complexity index is 376. The van der Waals surface area contributed by atoms with Gasteiger partial charge in [-0.25, -0.2) is 0 Å². The van der Waals surface area contributed by atoms with E-state index in [2.05, 4.69) is 5.32 Å². The van der Waals surface area contributed by atoms with Gasteiger partial charge in [-0.15, -0.1) is 0 Å². The van der Waals surface area contributed by atoms with Crippen LogP contribution >= 0.6 is 11.8 Å². The molecule has 0 bridgehead atoms. The zero-order valence-corrected chi connectivity index (χ0v) is 11.7. The number of nitrogen functional groups attached to an aromatic ring is 1. The Kier molecular flexibility index (Phi) is 6.60. The Hall–Kier alpha value is -1.20. The summed E-state index contributed by atoms with van der Waals surface area (Å²) in [6, 6.07) is 5.59. The molecule has 0 spiro atoms. The minimum atomic E-state index is -0.0154. The summed E-state index contributed by atoms with van der Waals surface area (Å²) >= 11 is 1.60. The number of anilines is 2. The summed E-state index contributed by atoms with van der Waals surface area (Å²) in [5, 5.41) is 2.85. The fraction of sp³-hybridized carbons (Fsp3) is 0.462. The van der Waals surface area contributed by atoms with Crippen molar-refractivity contribution in [3.05, 3.63) is 23.8 Å². The van der Waals surface area contributed by atoms with Gasteiger partial charge in [-0.05, 0) is 30.7 Å². The van der Waals surface area contributed by atoms with Crippen LogP contribution in [0.1, 0.15) is 12.0 Å². The number of benzene rings is 1. The van der Waals surface area contributed by atoms with E-state index in [1.165, 1.54) is 0 Å². The quantitative estimate of drug-likeness (QED) is 0.588. The highest BCUT2D eigenvalue weighted by Crippen LogP contribution is 2.22. The highest BCUT2D eigenvalue weighted by atomic mass is 32.2. The number of ether oxygens (including phenoxy) is 1. The largest absolute Gasteiger partial charge is 0.397 e. The van der Waals surface area contributed by atoms with Crippen LogP contribution in [0.15, 0.2) is 18.2 Å². The molecule has 4 nitrogen and oxygen atoms in total. The lowest BCUT2D eigenvalue weighted by Crippen LogP contribution is -2.16. The van der Waals surface area contributed by atoms with E-state index in [-0.39, 0.29) is 5.91 Å². The average Bonchev–Trinajstić information content (AvgIpc) is 2.34. The molecule has 100 valence electrons. The molecule has 0 aliphatic heterocycles. The Morgan fingerprint density at radius 2 is 2.28 bits per heavy atom. The predicted octanol–water partition coefficient (Wildman–Crippen LogP) is 2.29. The zero-order chi connectivity index (χ0) is 13.4. The normalized spacial score (nSPS) is 10.3. The smallest absolute Gasteiger partial charge is 0.234 e. The SMILES string of the molecule is COCCCSCC(=O)Nc1c(C)cccc1N. The molecule has 0 heterocycles. The predicted molar refractivity (Wildman–Crippen MR) is 78.0 cm³/mol. The van der Waals surface area contributed by atoms with Gasteiger partial charge in [0.1, 0.15) is 0 Å². The summed E-state index contributed by atoms with van der Waals surface area (Å²) in [6.45, 7) is 2.66. The van der Waals surface area contributed by atoms with E-state index >= 15 is 0 Å². The number of rotatable bonds is 7. The number of para-hydroxylation sites is 1. The Labute approximate surface area is 112 Å². The molecule has 1 rings (SSSR count). The molecule has 3 N–H and O–H groups in total. The molecule has 0 aliphatic carbocycles. The van der Waals surface area contributed by atoms with E-state index in [9.17, 15) is 4.79 Å². The Balaban J connectivity index is 2.36. The molecule has 1 amide bonds. The van der Waals surface area contributed by atoms with Crippen LogP contribution < -0.4 is 11.1 Å². The van der Waals surface area contributed by atoms with Crippen molar-refractivity contribution in [2.75, 3.05) is 36.3 Å². The van der Waals surface area contributed by atoms with Gasteiger partial charge in [0.25, 0.3) is 0 Å². The van der Waals surface area contributed by atoms with Crippen LogP contribution in [0.25, 0.3) is 0 Å². The van der Waals surface area contributed by atoms with E-state index < -0.39 is 0 Å². The molecule has 0 fully saturated rings. The minimum absolute atomic E-state index is 0.0154. The van der Waals surface area contributed by atoms with Gasteiger partial charge >= 0.3 is 0 Å². The summed E-state index contributed by atoms with van der Waals surface area (Å²) in [6.07, 6.45) is 0.959. The number of methoxy groups -OCH3 is 1. The molecule has 1 aromatic rings. The summed E-state index contributed by atoms with van der Waals surface area (Å²) < 4.78 is 4.95. The van der Waals surface area contributed by atoms with Crippen LogP contribution in [0, 0.1) is 6.92 Å².